The minimum Gasteiger partial charge on any atom is -0.378 e. The van der Waals surface area contributed by atoms with Crippen LogP contribution in [0.2, 0.25) is 0 Å². The maximum Gasteiger partial charge on any atom is 0.241 e. The molecule has 0 aromatic rings. The van der Waals surface area contributed by atoms with E-state index in [4.69, 9.17) is 4.74 Å². The van der Waals surface area contributed by atoms with E-state index in [0.717, 1.165) is 13.1 Å². The molecule has 1 fully saturated rings. The minimum absolute atomic E-state index is 0.134. The molecule has 1 aliphatic rings. The fourth-order valence-corrected chi connectivity index (χ4v) is 1.66. The Balaban J connectivity index is 2.48. The predicted molar refractivity (Wildman–Crippen MR) is 42.5 cm³/mol. The van der Waals surface area contributed by atoms with Crippen molar-refractivity contribution in [3.8, 4) is 0 Å². The van der Waals surface area contributed by atoms with Gasteiger partial charge < -0.3 is 10.1 Å². The van der Waals surface area contributed by atoms with E-state index in [-0.39, 0.29) is 6.42 Å². The van der Waals surface area contributed by atoms with Crippen LogP contribution in [0.25, 0.3) is 0 Å². The Morgan fingerprint density at radius 2 is 2.00 bits per heavy atom. The van der Waals surface area contributed by atoms with Crippen molar-refractivity contribution < 1.29 is 13.5 Å². The second-order valence-electron chi connectivity index (χ2n) is 3.23. The van der Waals surface area contributed by atoms with Crippen molar-refractivity contribution in [2.45, 2.75) is 31.3 Å². The number of halogens is 2. The van der Waals surface area contributed by atoms with Crippen LogP contribution in [0.5, 0.6) is 0 Å². The summed E-state index contributed by atoms with van der Waals surface area (Å²) in [5, 5.41) is 3.12. The highest BCUT2D eigenvalue weighted by Crippen LogP contribution is 2.28. The van der Waals surface area contributed by atoms with E-state index in [2.05, 4.69) is 5.32 Å². The minimum atomic E-state index is -2.26. The number of alkyl halides is 2. The van der Waals surface area contributed by atoms with E-state index in [1.807, 2.05) is 0 Å². The van der Waals surface area contributed by atoms with Gasteiger partial charge in [0.15, 0.2) is 0 Å². The van der Waals surface area contributed by atoms with Crippen LogP contribution in [-0.2, 0) is 4.74 Å². The molecule has 4 heteroatoms. The third-order valence-corrected chi connectivity index (χ3v) is 2.47. The van der Waals surface area contributed by atoms with Gasteiger partial charge in [0, 0.05) is 13.5 Å². The van der Waals surface area contributed by atoms with Crippen molar-refractivity contribution in [1.82, 2.24) is 5.32 Å². The fourth-order valence-electron chi connectivity index (χ4n) is 1.66. The van der Waals surface area contributed by atoms with E-state index >= 15 is 0 Å². The highest BCUT2D eigenvalue weighted by molar-refractivity contribution is 4.86. The number of methoxy groups -OCH3 is 1. The molecule has 0 unspecified atom stereocenters. The summed E-state index contributed by atoms with van der Waals surface area (Å²) in [6.07, 6.45) is -1.02. The van der Waals surface area contributed by atoms with Gasteiger partial charge in [0.1, 0.15) is 0 Å². The lowest BCUT2D eigenvalue weighted by atomic mass is 9.89. The second kappa shape index (κ2) is 4.14. The molecule has 1 heterocycles. The second-order valence-corrected chi connectivity index (χ2v) is 3.23. The van der Waals surface area contributed by atoms with Crippen LogP contribution < -0.4 is 5.32 Å². The van der Waals surface area contributed by atoms with E-state index in [0.29, 0.717) is 12.8 Å². The van der Waals surface area contributed by atoms with Crippen LogP contribution in [0.1, 0.15) is 19.3 Å². The average molecular weight is 179 g/mol. The number of piperidine rings is 1. The summed E-state index contributed by atoms with van der Waals surface area (Å²) < 4.78 is 29.5. The molecule has 0 spiro atoms. The monoisotopic (exact) mass is 179 g/mol. The van der Waals surface area contributed by atoms with Gasteiger partial charge in [-0.2, -0.15) is 0 Å². The Kier molecular flexibility index (Phi) is 3.40. The predicted octanol–water partition coefficient (Wildman–Crippen LogP) is 1.41. The highest BCUT2D eigenvalue weighted by atomic mass is 19.3. The Morgan fingerprint density at radius 3 is 2.42 bits per heavy atom. The molecule has 0 radical (unpaired) electrons. The Bertz CT molecular complexity index is 135. The number of ether oxygens (including phenoxy) is 1. The molecule has 0 aromatic carbocycles. The average Bonchev–Trinajstić information content (AvgIpc) is 2.05. The molecule has 72 valence electrons. The number of rotatable bonds is 3. The molecule has 0 aliphatic carbocycles. The van der Waals surface area contributed by atoms with Crippen molar-refractivity contribution in [3.63, 3.8) is 0 Å². The third kappa shape index (κ3) is 2.38. The molecule has 0 saturated carbocycles. The fraction of sp³-hybridized carbons (Fsp3) is 1.00. The lowest BCUT2D eigenvalue weighted by Gasteiger charge is -2.36. The van der Waals surface area contributed by atoms with Crippen molar-refractivity contribution >= 4 is 0 Å². The standard InChI is InChI=1S/C8H15F2NO/c1-12-8(6-7(9)10)2-4-11-5-3-8/h7,11H,2-6H2,1H3. The van der Waals surface area contributed by atoms with Crippen LogP contribution in [-0.4, -0.2) is 32.2 Å². The van der Waals surface area contributed by atoms with Gasteiger partial charge in [-0.25, -0.2) is 8.78 Å². The first-order valence-electron chi connectivity index (χ1n) is 4.22. The largest absolute Gasteiger partial charge is 0.378 e. The number of hydrogen-bond acceptors (Lipinski definition) is 2. The molecule has 0 bridgehead atoms. The van der Waals surface area contributed by atoms with E-state index in [9.17, 15) is 8.78 Å². The Morgan fingerprint density at radius 1 is 1.42 bits per heavy atom. The Hall–Kier alpha value is -0.220. The van der Waals surface area contributed by atoms with Gasteiger partial charge in [0.2, 0.25) is 6.43 Å². The van der Waals surface area contributed by atoms with Crippen molar-refractivity contribution in [2.24, 2.45) is 0 Å². The molecule has 1 rings (SSSR count). The van der Waals surface area contributed by atoms with Crippen LogP contribution in [0.15, 0.2) is 0 Å². The van der Waals surface area contributed by atoms with Gasteiger partial charge in [-0.3, -0.25) is 0 Å². The maximum absolute atomic E-state index is 12.2. The zero-order valence-electron chi connectivity index (χ0n) is 7.28. The first-order valence-corrected chi connectivity index (χ1v) is 4.22. The molecular weight excluding hydrogens is 164 g/mol. The first kappa shape index (κ1) is 9.86. The van der Waals surface area contributed by atoms with Gasteiger partial charge in [0.05, 0.1) is 5.60 Å². The lowest BCUT2D eigenvalue weighted by molar-refractivity contribution is -0.0732. The normalized spacial score (nSPS) is 23.0. The number of nitrogens with one attached hydrogen (secondary N) is 1. The zero-order chi connectivity index (χ0) is 9.03. The van der Waals surface area contributed by atoms with Crippen molar-refractivity contribution in [3.05, 3.63) is 0 Å². The Labute approximate surface area is 71.3 Å². The highest BCUT2D eigenvalue weighted by Gasteiger charge is 2.34. The summed E-state index contributed by atoms with van der Waals surface area (Å²) in [6.45, 7) is 1.56. The molecule has 0 aromatic heterocycles. The third-order valence-electron chi connectivity index (χ3n) is 2.47. The first-order chi connectivity index (χ1) is 5.68. The summed E-state index contributed by atoms with van der Waals surface area (Å²) in [6, 6.07) is 0. The van der Waals surface area contributed by atoms with E-state index in [1.54, 1.807) is 0 Å². The molecule has 0 amide bonds. The van der Waals surface area contributed by atoms with Crippen molar-refractivity contribution in [2.75, 3.05) is 20.2 Å². The molecule has 2 nitrogen and oxygen atoms in total. The summed E-state index contributed by atoms with van der Waals surface area (Å²) in [5.74, 6) is 0. The van der Waals surface area contributed by atoms with Gasteiger partial charge in [-0.1, -0.05) is 0 Å². The molecule has 12 heavy (non-hydrogen) atoms. The summed E-state index contributed by atoms with van der Waals surface area (Å²) >= 11 is 0. The summed E-state index contributed by atoms with van der Waals surface area (Å²) in [5.41, 5.74) is -0.570. The van der Waals surface area contributed by atoms with Gasteiger partial charge in [-0.15, -0.1) is 0 Å². The topological polar surface area (TPSA) is 21.3 Å². The molecule has 1 N–H and O–H groups in total. The van der Waals surface area contributed by atoms with Gasteiger partial charge in [-0.05, 0) is 25.9 Å². The zero-order valence-corrected chi connectivity index (χ0v) is 7.28. The molecule has 1 aliphatic heterocycles. The van der Waals surface area contributed by atoms with Gasteiger partial charge in [0.25, 0.3) is 0 Å². The molecule has 1 saturated heterocycles. The van der Waals surface area contributed by atoms with Crippen LogP contribution >= 0.6 is 0 Å². The molecular formula is C8H15F2NO. The quantitative estimate of drug-likeness (QED) is 0.707. The van der Waals surface area contributed by atoms with Crippen LogP contribution in [0.3, 0.4) is 0 Å². The van der Waals surface area contributed by atoms with Crippen LogP contribution in [0.4, 0.5) is 8.78 Å². The SMILES string of the molecule is COC1(CC(F)F)CCNCC1. The van der Waals surface area contributed by atoms with Crippen molar-refractivity contribution in [1.29, 1.82) is 0 Å². The lowest BCUT2D eigenvalue weighted by Crippen LogP contribution is -2.44. The summed E-state index contributed by atoms with van der Waals surface area (Å²) in [7, 11) is 1.52. The smallest absolute Gasteiger partial charge is 0.241 e. The maximum atomic E-state index is 12.2. The summed E-state index contributed by atoms with van der Waals surface area (Å²) in [4.78, 5) is 0. The van der Waals surface area contributed by atoms with E-state index in [1.165, 1.54) is 7.11 Å². The van der Waals surface area contributed by atoms with Gasteiger partial charge >= 0.3 is 0 Å². The van der Waals surface area contributed by atoms with Crippen LogP contribution in [0, 0.1) is 0 Å². The number of hydrogen-bond donors (Lipinski definition) is 1. The van der Waals surface area contributed by atoms with E-state index < -0.39 is 12.0 Å². The molecule has 0 atom stereocenters.